The summed E-state index contributed by atoms with van der Waals surface area (Å²) in [5, 5.41) is 30.9. The minimum absolute atomic E-state index is 0.0911. The third kappa shape index (κ3) is 1.96. The number of aliphatic hydroxyl groups excluding tert-OH is 1. The van der Waals surface area contributed by atoms with Crippen molar-refractivity contribution in [2.45, 2.75) is 78.2 Å². The molecule has 4 aliphatic carbocycles. The molecule has 0 heterocycles. The first-order chi connectivity index (χ1) is 12.0. The first-order valence-electron chi connectivity index (χ1n) is 10.2. The molecule has 2 bridgehead atoms. The van der Waals surface area contributed by atoms with Crippen molar-refractivity contribution in [3.63, 3.8) is 0 Å². The molecule has 0 saturated heterocycles. The Hall–Kier alpha value is -1.10. The minimum atomic E-state index is -0.869. The van der Waals surface area contributed by atoms with Crippen molar-refractivity contribution in [3.8, 4) is 0 Å². The monoisotopic (exact) mass is 364 g/mol. The average Bonchev–Trinajstić information content (AvgIpc) is 2.69. The van der Waals surface area contributed by atoms with Crippen molar-refractivity contribution in [3.05, 3.63) is 0 Å². The molecule has 3 N–H and O–H groups in total. The Bertz CT molecular complexity index is 661. The second-order valence-corrected chi connectivity index (χ2v) is 10.6. The van der Waals surface area contributed by atoms with Crippen LogP contribution in [0, 0.1) is 39.4 Å². The zero-order valence-electron chi connectivity index (χ0n) is 16.1. The number of rotatable bonds is 2. The summed E-state index contributed by atoms with van der Waals surface area (Å²) in [7, 11) is 0. The second kappa shape index (κ2) is 5.24. The Labute approximate surface area is 155 Å². The molecule has 4 fully saturated rings. The normalized spacial score (nSPS) is 55.7. The van der Waals surface area contributed by atoms with Crippen LogP contribution in [0.15, 0.2) is 0 Å². The molecular formula is C21H32O5. The molecule has 5 nitrogen and oxygen atoms in total. The van der Waals surface area contributed by atoms with Gasteiger partial charge in [-0.25, -0.2) is 0 Å². The maximum absolute atomic E-state index is 12.2. The largest absolute Gasteiger partial charge is 0.481 e. The summed E-state index contributed by atoms with van der Waals surface area (Å²) in [5.41, 5.74) is -1.55. The molecule has 5 heteroatoms. The van der Waals surface area contributed by atoms with Crippen molar-refractivity contribution in [2.24, 2.45) is 39.4 Å². The number of fused-ring (bicyclic) bond motifs is 3. The van der Waals surface area contributed by atoms with Crippen molar-refractivity contribution >= 4 is 11.9 Å². The summed E-state index contributed by atoms with van der Waals surface area (Å²) in [4.78, 5) is 24.3. The highest BCUT2D eigenvalue weighted by Gasteiger charge is 2.72. The highest BCUT2D eigenvalue weighted by molar-refractivity contribution is 5.75. The number of hydrogen-bond acceptors (Lipinski definition) is 3. The first kappa shape index (κ1) is 18.3. The van der Waals surface area contributed by atoms with Crippen LogP contribution in [0.3, 0.4) is 0 Å². The second-order valence-electron chi connectivity index (χ2n) is 10.6. The number of aliphatic hydroxyl groups is 1. The van der Waals surface area contributed by atoms with E-state index in [9.17, 15) is 24.9 Å². The average molecular weight is 364 g/mol. The summed E-state index contributed by atoms with van der Waals surface area (Å²) in [6.07, 6.45) is 5.83. The Morgan fingerprint density at radius 3 is 2.19 bits per heavy atom. The summed E-state index contributed by atoms with van der Waals surface area (Å²) < 4.78 is 0. The Morgan fingerprint density at radius 1 is 0.923 bits per heavy atom. The van der Waals surface area contributed by atoms with E-state index in [-0.39, 0.29) is 28.1 Å². The lowest BCUT2D eigenvalue weighted by Gasteiger charge is -2.64. The van der Waals surface area contributed by atoms with Gasteiger partial charge in [-0.1, -0.05) is 20.3 Å². The van der Waals surface area contributed by atoms with Crippen LogP contribution in [-0.4, -0.2) is 33.4 Å². The van der Waals surface area contributed by atoms with Gasteiger partial charge < -0.3 is 15.3 Å². The molecule has 8 atom stereocenters. The van der Waals surface area contributed by atoms with E-state index in [2.05, 4.69) is 13.8 Å². The van der Waals surface area contributed by atoms with Crippen LogP contribution < -0.4 is 0 Å². The van der Waals surface area contributed by atoms with Gasteiger partial charge in [0, 0.05) is 0 Å². The van der Waals surface area contributed by atoms with E-state index in [0.29, 0.717) is 6.42 Å². The number of carbonyl (C=O) groups is 2. The maximum Gasteiger partial charge on any atom is 0.309 e. The van der Waals surface area contributed by atoms with Crippen LogP contribution in [-0.2, 0) is 9.59 Å². The van der Waals surface area contributed by atoms with Crippen molar-refractivity contribution in [2.75, 3.05) is 0 Å². The molecule has 1 spiro atoms. The third-order valence-corrected chi connectivity index (χ3v) is 9.51. The lowest BCUT2D eigenvalue weighted by molar-refractivity contribution is -0.192. The maximum atomic E-state index is 12.2. The number of carboxylic acids is 2. The molecule has 0 aromatic carbocycles. The van der Waals surface area contributed by atoms with Crippen LogP contribution >= 0.6 is 0 Å². The van der Waals surface area contributed by atoms with Gasteiger partial charge >= 0.3 is 11.9 Å². The quantitative estimate of drug-likeness (QED) is 0.696. The molecule has 0 amide bonds. The van der Waals surface area contributed by atoms with Crippen LogP contribution in [0.25, 0.3) is 0 Å². The summed E-state index contributed by atoms with van der Waals surface area (Å²) in [6.45, 7) is 6.19. The van der Waals surface area contributed by atoms with Gasteiger partial charge in [0.1, 0.15) is 0 Å². The lowest BCUT2D eigenvalue weighted by atomic mass is 9.39. The highest BCUT2D eigenvalue weighted by Crippen LogP contribution is 2.75. The molecule has 0 aromatic heterocycles. The van der Waals surface area contributed by atoms with E-state index >= 15 is 0 Å². The Balaban J connectivity index is 1.81. The van der Waals surface area contributed by atoms with E-state index < -0.39 is 29.4 Å². The number of hydrogen-bond donors (Lipinski definition) is 3. The van der Waals surface area contributed by atoms with Crippen molar-refractivity contribution < 1.29 is 24.9 Å². The smallest absolute Gasteiger partial charge is 0.309 e. The van der Waals surface area contributed by atoms with Crippen LogP contribution in [0.5, 0.6) is 0 Å². The van der Waals surface area contributed by atoms with Crippen LogP contribution in [0.4, 0.5) is 0 Å². The molecule has 4 rings (SSSR count). The molecule has 146 valence electrons. The highest BCUT2D eigenvalue weighted by atomic mass is 16.4. The summed E-state index contributed by atoms with van der Waals surface area (Å²) in [6, 6.07) is 0. The Kier molecular flexibility index (Phi) is 3.68. The van der Waals surface area contributed by atoms with Gasteiger partial charge in [0.05, 0.1) is 17.4 Å². The molecular weight excluding hydrogens is 332 g/mol. The zero-order valence-corrected chi connectivity index (χ0v) is 16.1. The SMILES string of the molecule is C[C@]12CC[C@H]3[C@]4(C)CCC[C@@](C)(C(=O)O)[C@H]4CC[C@@]3(C1)[C@H](C(=O)O)[C@H]2O. The fourth-order valence-corrected chi connectivity index (χ4v) is 8.45. The number of aliphatic carboxylic acids is 2. The fraction of sp³-hybridized carbons (Fsp3) is 0.905. The van der Waals surface area contributed by atoms with E-state index in [1.165, 1.54) is 0 Å². The predicted octanol–water partition coefficient (Wildman–Crippen LogP) is 3.55. The Morgan fingerprint density at radius 2 is 1.58 bits per heavy atom. The van der Waals surface area contributed by atoms with E-state index in [4.69, 9.17) is 0 Å². The third-order valence-electron chi connectivity index (χ3n) is 9.51. The van der Waals surface area contributed by atoms with Crippen LogP contribution in [0.1, 0.15) is 72.1 Å². The fourth-order valence-electron chi connectivity index (χ4n) is 8.45. The van der Waals surface area contributed by atoms with Gasteiger partial charge in [0.2, 0.25) is 0 Å². The van der Waals surface area contributed by atoms with Gasteiger partial charge in [0.15, 0.2) is 0 Å². The summed E-state index contributed by atoms with van der Waals surface area (Å²) in [5.74, 6) is -2.00. The van der Waals surface area contributed by atoms with Gasteiger partial charge in [-0.3, -0.25) is 9.59 Å². The van der Waals surface area contributed by atoms with E-state index in [0.717, 1.165) is 44.9 Å². The van der Waals surface area contributed by atoms with Crippen molar-refractivity contribution in [1.29, 1.82) is 0 Å². The summed E-state index contributed by atoms with van der Waals surface area (Å²) >= 11 is 0. The predicted molar refractivity (Wildman–Crippen MR) is 95.4 cm³/mol. The van der Waals surface area contributed by atoms with E-state index in [1.807, 2.05) is 6.92 Å². The topological polar surface area (TPSA) is 94.8 Å². The molecule has 0 unspecified atom stereocenters. The van der Waals surface area contributed by atoms with Gasteiger partial charge in [-0.15, -0.1) is 0 Å². The van der Waals surface area contributed by atoms with Gasteiger partial charge in [0.25, 0.3) is 0 Å². The van der Waals surface area contributed by atoms with Crippen molar-refractivity contribution in [1.82, 2.24) is 0 Å². The minimum Gasteiger partial charge on any atom is -0.481 e. The molecule has 4 aliphatic rings. The van der Waals surface area contributed by atoms with Gasteiger partial charge in [-0.05, 0) is 80.0 Å². The van der Waals surface area contributed by atoms with E-state index in [1.54, 1.807) is 0 Å². The van der Waals surface area contributed by atoms with Crippen LogP contribution in [0.2, 0.25) is 0 Å². The zero-order chi connectivity index (χ0) is 19.1. The van der Waals surface area contributed by atoms with Gasteiger partial charge in [-0.2, -0.15) is 0 Å². The standard InChI is InChI=1S/C21H32O5/c1-18-9-5-13-19(2)7-4-8-20(3,17(25)26)12(19)6-10-21(13,11-18)14(15(18)22)16(23)24/h12-15,22H,4-11H2,1-3H3,(H,23,24)(H,25,26)/t12-,13-,14-,15+,18-,19+,20+,21-/m0/s1. The molecule has 4 saturated carbocycles. The first-order valence-corrected chi connectivity index (χ1v) is 10.2. The lowest BCUT2D eigenvalue weighted by Crippen LogP contribution is -2.60. The molecule has 0 aromatic rings. The molecule has 0 radical (unpaired) electrons. The molecule has 26 heavy (non-hydrogen) atoms. The number of carboxylic acid groups (broad SMARTS) is 2. The molecule has 0 aliphatic heterocycles.